The monoisotopic (exact) mass is 274 g/mol. The number of hydrogen-bond donors (Lipinski definition) is 2. The molecule has 2 aromatic heterocycles. The van der Waals surface area contributed by atoms with E-state index >= 15 is 0 Å². The van der Waals surface area contributed by atoms with Crippen LogP contribution in [0.3, 0.4) is 0 Å². The van der Waals surface area contributed by atoms with Gasteiger partial charge in [-0.25, -0.2) is 9.78 Å². The van der Waals surface area contributed by atoms with Crippen LogP contribution in [0.1, 0.15) is 23.0 Å². The lowest BCUT2D eigenvalue weighted by atomic mass is 10.2. The summed E-state index contributed by atoms with van der Waals surface area (Å²) < 4.78 is 5.26. The lowest BCUT2D eigenvalue weighted by Crippen LogP contribution is -2.07. The first-order valence-corrected chi connectivity index (χ1v) is 6.07. The summed E-state index contributed by atoms with van der Waals surface area (Å²) in [5, 5.41) is 11.9. The van der Waals surface area contributed by atoms with Crippen LogP contribution in [0.25, 0.3) is 0 Å². The molecule has 2 heterocycles. The van der Waals surface area contributed by atoms with E-state index in [2.05, 4.69) is 20.3 Å². The Morgan fingerprint density at radius 1 is 1.35 bits per heavy atom. The average molecular weight is 274 g/mol. The minimum atomic E-state index is -0.983. The van der Waals surface area contributed by atoms with E-state index in [1.54, 1.807) is 12.3 Å². The van der Waals surface area contributed by atoms with Crippen molar-refractivity contribution in [1.82, 2.24) is 15.0 Å². The van der Waals surface area contributed by atoms with Crippen molar-refractivity contribution in [3.63, 3.8) is 0 Å². The molecule has 0 spiro atoms. The number of aromatic carboxylic acids is 1. The van der Waals surface area contributed by atoms with Crippen molar-refractivity contribution in [2.24, 2.45) is 0 Å². The van der Waals surface area contributed by atoms with Gasteiger partial charge in [0, 0.05) is 18.5 Å². The third-order valence-corrected chi connectivity index (χ3v) is 2.41. The topological polar surface area (TPSA) is 97.2 Å². The first kappa shape index (κ1) is 13.7. The minimum absolute atomic E-state index is 0.195. The van der Waals surface area contributed by atoms with E-state index < -0.39 is 5.97 Å². The van der Waals surface area contributed by atoms with Crippen LogP contribution in [-0.2, 0) is 6.54 Å². The highest BCUT2D eigenvalue weighted by Gasteiger charge is 2.05. The molecule has 2 N–H and O–H groups in total. The number of pyridine rings is 1. The van der Waals surface area contributed by atoms with Crippen LogP contribution in [0.2, 0.25) is 0 Å². The van der Waals surface area contributed by atoms with Gasteiger partial charge in [-0.05, 0) is 19.1 Å². The molecule has 0 bridgehead atoms. The van der Waals surface area contributed by atoms with E-state index in [0.717, 1.165) is 0 Å². The Balaban J connectivity index is 2.03. The summed E-state index contributed by atoms with van der Waals surface area (Å²) in [6, 6.07) is 4.61. The summed E-state index contributed by atoms with van der Waals surface area (Å²) in [5.41, 5.74) is 0.788. The summed E-state index contributed by atoms with van der Waals surface area (Å²) in [7, 11) is 0. The van der Waals surface area contributed by atoms with Crippen LogP contribution in [0.15, 0.2) is 30.6 Å². The number of nitrogens with one attached hydrogen (secondary N) is 1. The SMILES string of the molecule is CCOc1ccnc(NCc2cc(C(=O)O)ccn2)n1. The molecule has 2 rings (SSSR count). The third kappa shape index (κ3) is 3.64. The molecule has 0 fully saturated rings. The summed E-state index contributed by atoms with van der Waals surface area (Å²) in [6.45, 7) is 2.73. The molecule has 0 unspecified atom stereocenters. The first-order chi connectivity index (χ1) is 9.69. The van der Waals surface area contributed by atoms with Gasteiger partial charge >= 0.3 is 5.97 Å². The second kappa shape index (κ2) is 6.46. The Labute approximate surface area is 115 Å². The number of ether oxygens (including phenoxy) is 1. The molecule has 20 heavy (non-hydrogen) atoms. The summed E-state index contributed by atoms with van der Waals surface area (Å²) in [6.07, 6.45) is 3.04. The lowest BCUT2D eigenvalue weighted by Gasteiger charge is -2.06. The van der Waals surface area contributed by atoms with Gasteiger partial charge in [-0.15, -0.1) is 0 Å². The highest BCUT2D eigenvalue weighted by Crippen LogP contribution is 2.09. The highest BCUT2D eigenvalue weighted by molar-refractivity contribution is 5.87. The fraction of sp³-hybridized carbons (Fsp3) is 0.231. The quantitative estimate of drug-likeness (QED) is 0.825. The van der Waals surface area contributed by atoms with E-state index in [1.165, 1.54) is 18.3 Å². The van der Waals surface area contributed by atoms with Gasteiger partial charge in [0.15, 0.2) is 0 Å². The summed E-state index contributed by atoms with van der Waals surface area (Å²) in [5.74, 6) is -0.0982. The van der Waals surface area contributed by atoms with Gasteiger partial charge in [0.05, 0.1) is 24.4 Å². The van der Waals surface area contributed by atoms with Crippen molar-refractivity contribution in [2.45, 2.75) is 13.5 Å². The van der Waals surface area contributed by atoms with Crippen molar-refractivity contribution >= 4 is 11.9 Å². The Kier molecular flexibility index (Phi) is 4.43. The third-order valence-electron chi connectivity index (χ3n) is 2.41. The van der Waals surface area contributed by atoms with Gasteiger partial charge in [-0.3, -0.25) is 4.98 Å². The smallest absolute Gasteiger partial charge is 0.335 e. The molecule has 0 atom stereocenters. The standard InChI is InChI=1S/C13H14N4O3/c1-2-20-11-4-6-15-13(17-11)16-8-10-7-9(12(18)19)3-5-14-10/h3-7H,2,8H2,1H3,(H,18,19)(H,15,16,17). The molecule has 0 amide bonds. The van der Waals surface area contributed by atoms with Crippen LogP contribution in [-0.4, -0.2) is 32.6 Å². The predicted molar refractivity (Wildman–Crippen MR) is 71.7 cm³/mol. The van der Waals surface area contributed by atoms with Gasteiger partial charge in [0.1, 0.15) is 0 Å². The Bertz CT molecular complexity index is 604. The van der Waals surface area contributed by atoms with Gasteiger partial charge in [0.2, 0.25) is 11.8 Å². The van der Waals surface area contributed by atoms with Crippen LogP contribution in [0, 0.1) is 0 Å². The summed E-state index contributed by atoms with van der Waals surface area (Å²) >= 11 is 0. The van der Waals surface area contributed by atoms with E-state index in [0.29, 0.717) is 30.7 Å². The molecule has 7 heteroatoms. The molecular formula is C13H14N4O3. The fourth-order valence-electron chi connectivity index (χ4n) is 1.53. The first-order valence-electron chi connectivity index (χ1n) is 6.07. The minimum Gasteiger partial charge on any atom is -0.478 e. The Morgan fingerprint density at radius 3 is 2.90 bits per heavy atom. The van der Waals surface area contributed by atoms with E-state index in [9.17, 15) is 4.79 Å². The second-order valence-corrected chi connectivity index (χ2v) is 3.85. The molecular weight excluding hydrogens is 260 g/mol. The number of aromatic nitrogens is 3. The molecule has 0 aromatic carbocycles. The van der Waals surface area contributed by atoms with Crippen LogP contribution in [0.4, 0.5) is 5.95 Å². The molecule has 0 radical (unpaired) electrons. The van der Waals surface area contributed by atoms with Gasteiger partial charge < -0.3 is 15.2 Å². The molecule has 0 saturated heterocycles. The highest BCUT2D eigenvalue weighted by atomic mass is 16.5. The van der Waals surface area contributed by atoms with Crippen molar-refractivity contribution in [3.05, 3.63) is 41.9 Å². The van der Waals surface area contributed by atoms with Gasteiger partial charge in [0.25, 0.3) is 0 Å². The summed E-state index contributed by atoms with van der Waals surface area (Å²) in [4.78, 5) is 23.1. The molecule has 104 valence electrons. The maximum absolute atomic E-state index is 10.9. The average Bonchev–Trinajstić information content (AvgIpc) is 2.46. The van der Waals surface area contributed by atoms with Gasteiger partial charge in [-0.1, -0.05) is 0 Å². The molecule has 0 saturated carbocycles. The Morgan fingerprint density at radius 2 is 2.15 bits per heavy atom. The number of carboxylic acid groups (broad SMARTS) is 1. The number of carbonyl (C=O) groups is 1. The second-order valence-electron chi connectivity index (χ2n) is 3.85. The maximum Gasteiger partial charge on any atom is 0.335 e. The van der Waals surface area contributed by atoms with Crippen LogP contribution >= 0.6 is 0 Å². The van der Waals surface area contributed by atoms with E-state index in [1.807, 2.05) is 6.92 Å². The zero-order valence-corrected chi connectivity index (χ0v) is 10.9. The Hall–Kier alpha value is -2.70. The van der Waals surface area contributed by atoms with Crippen molar-refractivity contribution in [1.29, 1.82) is 0 Å². The van der Waals surface area contributed by atoms with E-state index in [4.69, 9.17) is 9.84 Å². The largest absolute Gasteiger partial charge is 0.478 e. The number of carboxylic acids is 1. The zero-order chi connectivity index (χ0) is 14.4. The normalized spacial score (nSPS) is 10.1. The fourth-order valence-corrected chi connectivity index (χ4v) is 1.53. The van der Waals surface area contributed by atoms with Gasteiger partial charge in [-0.2, -0.15) is 4.98 Å². The van der Waals surface area contributed by atoms with Crippen molar-refractivity contribution in [2.75, 3.05) is 11.9 Å². The molecule has 0 aliphatic carbocycles. The van der Waals surface area contributed by atoms with Crippen molar-refractivity contribution in [3.8, 4) is 5.88 Å². The number of rotatable bonds is 6. The molecule has 0 aliphatic heterocycles. The molecule has 0 aliphatic rings. The zero-order valence-electron chi connectivity index (χ0n) is 10.9. The van der Waals surface area contributed by atoms with Crippen LogP contribution in [0.5, 0.6) is 5.88 Å². The van der Waals surface area contributed by atoms with Crippen LogP contribution < -0.4 is 10.1 Å². The lowest BCUT2D eigenvalue weighted by molar-refractivity contribution is 0.0696. The van der Waals surface area contributed by atoms with E-state index in [-0.39, 0.29) is 5.56 Å². The molecule has 7 nitrogen and oxygen atoms in total. The number of hydrogen-bond acceptors (Lipinski definition) is 6. The number of nitrogens with zero attached hydrogens (tertiary/aromatic N) is 3. The predicted octanol–water partition coefficient (Wildman–Crippen LogP) is 1.58. The number of anilines is 1. The maximum atomic E-state index is 10.9. The van der Waals surface area contributed by atoms with Crippen molar-refractivity contribution < 1.29 is 14.6 Å². The molecule has 2 aromatic rings.